The molecular weight excluding hydrogens is 356 g/mol. The van der Waals surface area contributed by atoms with Crippen LogP contribution in [0.1, 0.15) is 72.6 Å². The van der Waals surface area contributed by atoms with Crippen molar-refractivity contribution in [2.75, 3.05) is 0 Å². The van der Waals surface area contributed by atoms with Crippen LogP contribution in [0.4, 0.5) is 0 Å². The lowest BCUT2D eigenvalue weighted by Crippen LogP contribution is -2.59. The summed E-state index contributed by atoms with van der Waals surface area (Å²) in [5.74, 6) is 1.24. The summed E-state index contributed by atoms with van der Waals surface area (Å²) in [5, 5.41) is 0. The summed E-state index contributed by atoms with van der Waals surface area (Å²) in [6.45, 7) is 7.54. The third-order valence-corrected chi connectivity index (χ3v) is 8.30. The zero-order valence-corrected chi connectivity index (χ0v) is 17.5. The quantitative estimate of drug-likeness (QED) is 0.669. The van der Waals surface area contributed by atoms with Crippen molar-refractivity contribution in [2.45, 2.75) is 84.3 Å². The molecule has 0 aromatic rings. The summed E-state index contributed by atoms with van der Waals surface area (Å²) in [7, 11) is 0. The summed E-state index contributed by atoms with van der Waals surface area (Å²) < 4.78 is 11.8. The summed E-state index contributed by atoms with van der Waals surface area (Å²) in [4.78, 5) is 35.8. The Morgan fingerprint density at radius 1 is 1.07 bits per heavy atom. The zero-order chi connectivity index (χ0) is 20.3. The largest absolute Gasteiger partial charge is 0.462 e. The topological polar surface area (TPSA) is 69.7 Å². The number of ketones is 1. The molecule has 154 valence electrons. The van der Waals surface area contributed by atoms with Crippen molar-refractivity contribution in [1.82, 2.24) is 0 Å². The van der Waals surface area contributed by atoms with Crippen LogP contribution < -0.4 is 0 Å². The van der Waals surface area contributed by atoms with Gasteiger partial charge in [-0.2, -0.15) is 0 Å². The van der Waals surface area contributed by atoms with E-state index in [1.807, 2.05) is 0 Å². The fraction of sp³-hybridized carbons (Fsp3) is 0.783. The minimum atomic E-state index is -0.613. The summed E-state index contributed by atoms with van der Waals surface area (Å²) in [6.07, 6.45) is 7.50. The molecule has 0 amide bonds. The van der Waals surface area contributed by atoms with Crippen molar-refractivity contribution in [2.24, 2.45) is 29.1 Å². The number of hydrogen-bond donors (Lipinski definition) is 0. The molecule has 4 rings (SSSR count). The van der Waals surface area contributed by atoms with Crippen LogP contribution in [0.25, 0.3) is 0 Å². The molecule has 3 fully saturated rings. The molecule has 0 heterocycles. The van der Waals surface area contributed by atoms with Crippen molar-refractivity contribution in [3.8, 4) is 0 Å². The Morgan fingerprint density at radius 3 is 2.50 bits per heavy atom. The molecule has 7 atom stereocenters. The van der Waals surface area contributed by atoms with Crippen LogP contribution >= 0.6 is 0 Å². The highest BCUT2D eigenvalue weighted by molar-refractivity contribution is 5.92. The Morgan fingerprint density at radius 2 is 1.82 bits per heavy atom. The lowest BCUT2D eigenvalue weighted by Gasteiger charge is -2.59. The maximum absolute atomic E-state index is 12.1. The van der Waals surface area contributed by atoms with Gasteiger partial charge in [0.1, 0.15) is 11.7 Å². The minimum Gasteiger partial charge on any atom is -0.462 e. The number of hydrogen-bond acceptors (Lipinski definition) is 5. The van der Waals surface area contributed by atoms with Gasteiger partial charge in [-0.1, -0.05) is 13.8 Å². The van der Waals surface area contributed by atoms with E-state index in [9.17, 15) is 14.4 Å². The molecule has 4 aliphatic carbocycles. The predicted octanol–water partition coefficient (Wildman–Crippen LogP) is 3.99. The van der Waals surface area contributed by atoms with Gasteiger partial charge in [0.25, 0.3) is 0 Å². The molecule has 0 aromatic heterocycles. The second kappa shape index (κ2) is 6.70. The van der Waals surface area contributed by atoms with Gasteiger partial charge >= 0.3 is 11.9 Å². The van der Waals surface area contributed by atoms with Gasteiger partial charge in [-0.05, 0) is 67.9 Å². The molecule has 5 heteroatoms. The fourth-order valence-corrected chi connectivity index (χ4v) is 7.32. The first-order valence-corrected chi connectivity index (χ1v) is 10.8. The average Bonchev–Trinajstić information content (AvgIpc) is 2.91. The summed E-state index contributed by atoms with van der Waals surface area (Å²) in [5.41, 5.74) is 0.410. The van der Waals surface area contributed by atoms with Crippen molar-refractivity contribution in [3.05, 3.63) is 11.6 Å². The van der Waals surface area contributed by atoms with Gasteiger partial charge in [-0.3, -0.25) is 14.4 Å². The molecule has 28 heavy (non-hydrogen) atoms. The lowest BCUT2D eigenvalue weighted by molar-refractivity contribution is -0.184. The standard InChI is InChI=1S/C23H32O5/c1-13-11-16-12-17(26)7-10-23(16,28-15(3)25)19-8-9-22(4)18(21(13)19)5-6-20(22)27-14(2)24/h12-13,18-21H,5-11H2,1-4H3/t13-,18+,19+,20+,21+,22+,23-/m1/s1. The maximum Gasteiger partial charge on any atom is 0.303 e. The fourth-order valence-electron chi connectivity index (χ4n) is 7.32. The SMILES string of the molecule is CC(=O)O[C@H]1CC[C@H]2[C@@H]3[C@H](C)CC4=CC(=O)CC[C@]4(OC(C)=O)[C@H]3CC[C@]12C. The molecule has 0 radical (unpaired) electrons. The second-order valence-corrected chi connectivity index (χ2v) is 9.81. The van der Waals surface area contributed by atoms with Crippen molar-refractivity contribution < 1.29 is 23.9 Å². The number of rotatable bonds is 2. The molecule has 0 bridgehead atoms. The summed E-state index contributed by atoms with van der Waals surface area (Å²) in [6, 6.07) is 0. The first-order chi connectivity index (χ1) is 13.2. The van der Waals surface area contributed by atoms with Crippen LogP contribution in [-0.2, 0) is 23.9 Å². The molecule has 0 unspecified atom stereocenters. The van der Waals surface area contributed by atoms with Crippen LogP contribution in [0, 0.1) is 29.1 Å². The first-order valence-electron chi connectivity index (χ1n) is 10.8. The minimum absolute atomic E-state index is 0.00971. The normalized spacial score (nSPS) is 44.6. The molecule has 0 aliphatic heterocycles. The first kappa shape index (κ1) is 19.7. The predicted molar refractivity (Wildman–Crippen MR) is 103 cm³/mol. The molecule has 0 N–H and O–H groups in total. The Kier molecular flexibility index (Phi) is 4.71. The molecule has 0 spiro atoms. The highest BCUT2D eigenvalue weighted by Crippen LogP contribution is 2.65. The number of fused-ring (bicyclic) bond motifs is 5. The van der Waals surface area contributed by atoms with E-state index in [2.05, 4.69) is 13.8 Å². The highest BCUT2D eigenvalue weighted by atomic mass is 16.6. The Labute approximate surface area is 167 Å². The van der Waals surface area contributed by atoms with Crippen LogP contribution in [0.15, 0.2) is 11.6 Å². The van der Waals surface area contributed by atoms with Crippen LogP contribution in [-0.4, -0.2) is 29.4 Å². The second-order valence-electron chi connectivity index (χ2n) is 9.81. The number of ether oxygens (including phenoxy) is 2. The Balaban J connectivity index is 1.72. The lowest BCUT2D eigenvalue weighted by atomic mass is 9.48. The van der Waals surface area contributed by atoms with E-state index < -0.39 is 5.60 Å². The van der Waals surface area contributed by atoms with Crippen molar-refractivity contribution in [3.63, 3.8) is 0 Å². The molecule has 3 saturated carbocycles. The van der Waals surface area contributed by atoms with Gasteiger partial charge in [-0.15, -0.1) is 0 Å². The maximum atomic E-state index is 12.1. The van der Waals surface area contributed by atoms with Gasteiger partial charge in [0.15, 0.2) is 5.78 Å². The van der Waals surface area contributed by atoms with E-state index in [1.54, 1.807) is 6.08 Å². The number of carbonyl (C=O) groups excluding carboxylic acids is 3. The summed E-state index contributed by atoms with van der Waals surface area (Å²) >= 11 is 0. The zero-order valence-electron chi connectivity index (χ0n) is 17.5. The highest BCUT2D eigenvalue weighted by Gasteiger charge is 2.63. The average molecular weight is 389 g/mol. The Bertz CT molecular complexity index is 739. The van der Waals surface area contributed by atoms with E-state index in [0.717, 1.165) is 37.7 Å². The van der Waals surface area contributed by atoms with Gasteiger partial charge in [0, 0.05) is 31.6 Å². The van der Waals surface area contributed by atoms with E-state index in [1.165, 1.54) is 13.8 Å². The molecular formula is C23H32O5. The number of esters is 2. The Hall–Kier alpha value is -1.65. The van der Waals surface area contributed by atoms with Gasteiger partial charge in [-0.25, -0.2) is 0 Å². The third-order valence-electron chi connectivity index (χ3n) is 8.30. The molecule has 0 aromatic carbocycles. The van der Waals surface area contributed by atoms with Gasteiger partial charge in [0.05, 0.1) is 0 Å². The van der Waals surface area contributed by atoms with Gasteiger partial charge < -0.3 is 9.47 Å². The van der Waals surface area contributed by atoms with Crippen LogP contribution in [0.5, 0.6) is 0 Å². The van der Waals surface area contributed by atoms with Crippen molar-refractivity contribution in [1.29, 1.82) is 0 Å². The van der Waals surface area contributed by atoms with Crippen molar-refractivity contribution >= 4 is 17.7 Å². The molecule has 5 nitrogen and oxygen atoms in total. The molecule has 0 saturated heterocycles. The van der Waals surface area contributed by atoms with E-state index in [4.69, 9.17) is 9.47 Å². The van der Waals surface area contributed by atoms with Gasteiger partial charge in [0.2, 0.25) is 0 Å². The van der Waals surface area contributed by atoms with E-state index >= 15 is 0 Å². The molecule has 4 aliphatic rings. The third kappa shape index (κ3) is 2.84. The smallest absolute Gasteiger partial charge is 0.303 e. The van der Waals surface area contributed by atoms with E-state index in [0.29, 0.717) is 30.6 Å². The number of carbonyl (C=O) groups is 3. The van der Waals surface area contributed by atoms with E-state index in [-0.39, 0.29) is 35.2 Å². The monoisotopic (exact) mass is 388 g/mol. The van der Waals surface area contributed by atoms with Crippen LogP contribution in [0.3, 0.4) is 0 Å². The van der Waals surface area contributed by atoms with Crippen LogP contribution in [0.2, 0.25) is 0 Å².